The second kappa shape index (κ2) is 2.98. The van der Waals surface area contributed by atoms with Gasteiger partial charge in [0.25, 0.3) is 0 Å². The van der Waals surface area contributed by atoms with Crippen LogP contribution in [0, 0.1) is 0 Å². The van der Waals surface area contributed by atoms with Crippen LogP contribution in [-0.2, 0) is 24.1 Å². The molecule has 0 amide bonds. The third-order valence-electron chi connectivity index (χ3n) is 1.20. The first-order valence-electron chi connectivity index (χ1n) is 2.90. The third-order valence-corrected chi connectivity index (χ3v) is 1.65. The van der Waals surface area contributed by atoms with Crippen molar-refractivity contribution < 1.29 is 31.8 Å². The summed E-state index contributed by atoms with van der Waals surface area (Å²) in [5, 5.41) is 8.88. The molecule has 0 radical (unpaired) electrons. The predicted molar refractivity (Wildman–Crippen MR) is 33.4 cm³/mol. The minimum Gasteiger partial charge on any atom is -0.461 e. The predicted octanol–water partition coefficient (Wildman–Crippen LogP) is -1.91. The van der Waals surface area contributed by atoms with Gasteiger partial charge in [-0.05, 0) is 0 Å². The number of hydrogen-bond acceptors (Lipinski definition) is 6. The number of aliphatic hydroxyl groups is 1. The second-order valence-electron chi connectivity index (χ2n) is 2.14. The minimum atomic E-state index is -4.73. The fraction of sp³-hybridized carbons (Fsp3) is 0.750. The first-order valence-corrected chi connectivity index (χ1v) is 4.27. The standard InChI is InChI=1S/C4H6O7S/c5-2-1-10-4(6)3(2)11-12(7,8)9/h2-3,5H,1H2,(H,7,8,9)/t2-,3-/m1/s1. The summed E-state index contributed by atoms with van der Waals surface area (Å²) >= 11 is 0. The van der Waals surface area contributed by atoms with E-state index in [0.717, 1.165) is 0 Å². The summed E-state index contributed by atoms with van der Waals surface area (Å²) in [5.74, 6) is -1.01. The van der Waals surface area contributed by atoms with E-state index in [2.05, 4.69) is 8.92 Å². The van der Waals surface area contributed by atoms with Crippen molar-refractivity contribution in [2.45, 2.75) is 12.2 Å². The highest BCUT2D eigenvalue weighted by atomic mass is 32.3. The number of aliphatic hydroxyl groups excluding tert-OH is 1. The molecule has 0 unspecified atom stereocenters. The zero-order valence-electron chi connectivity index (χ0n) is 5.71. The first-order chi connectivity index (χ1) is 5.40. The fourth-order valence-electron chi connectivity index (χ4n) is 0.729. The van der Waals surface area contributed by atoms with E-state index in [1.807, 2.05) is 0 Å². The maximum absolute atomic E-state index is 10.6. The smallest absolute Gasteiger partial charge is 0.398 e. The Labute approximate surface area is 67.8 Å². The lowest BCUT2D eigenvalue weighted by molar-refractivity contribution is -0.144. The van der Waals surface area contributed by atoms with Crippen LogP contribution in [0.15, 0.2) is 0 Å². The fourth-order valence-corrected chi connectivity index (χ4v) is 1.20. The van der Waals surface area contributed by atoms with E-state index >= 15 is 0 Å². The van der Waals surface area contributed by atoms with Crippen LogP contribution in [0.4, 0.5) is 0 Å². The van der Waals surface area contributed by atoms with Crippen LogP contribution in [0.25, 0.3) is 0 Å². The molecule has 7 nitrogen and oxygen atoms in total. The maximum atomic E-state index is 10.6. The Morgan fingerprint density at radius 3 is 2.50 bits per heavy atom. The van der Waals surface area contributed by atoms with E-state index < -0.39 is 28.6 Å². The maximum Gasteiger partial charge on any atom is 0.398 e. The first kappa shape index (κ1) is 9.39. The number of esters is 1. The Hall–Kier alpha value is -0.700. The SMILES string of the molecule is O=C1OC[C@@H](O)[C@H]1OS(=O)(=O)O. The van der Waals surface area contributed by atoms with Gasteiger partial charge in [0.2, 0.25) is 6.10 Å². The van der Waals surface area contributed by atoms with Crippen molar-refractivity contribution in [2.75, 3.05) is 6.61 Å². The average molecular weight is 198 g/mol. The molecule has 1 rings (SSSR count). The number of carbonyl (C=O) groups is 1. The normalized spacial score (nSPS) is 30.3. The molecule has 0 aliphatic carbocycles. The molecule has 12 heavy (non-hydrogen) atoms. The number of hydrogen-bond donors (Lipinski definition) is 2. The minimum absolute atomic E-state index is 0.334. The molecule has 0 bridgehead atoms. The molecule has 1 aliphatic heterocycles. The molecule has 0 spiro atoms. The van der Waals surface area contributed by atoms with Crippen LogP contribution in [0.5, 0.6) is 0 Å². The van der Waals surface area contributed by atoms with E-state index in [-0.39, 0.29) is 6.61 Å². The quantitative estimate of drug-likeness (QED) is 0.393. The van der Waals surface area contributed by atoms with Crippen LogP contribution >= 0.6 is 0 Å². The van der Waals surface area contributed by atoms with Gasteiger partial charge in [0.05, 0.1) is 0 Å². The van der Waals surface area contributed by atoms with Crippen molar-refractivity contribution in [1.29, 1.82) is 0 Å². The molecular weight excluding hydrogens is 192 g/mol. The van der Waals surface area contributed by atoms with Gasteiger partial charge < -0.3 is 9.84 Å². The van der Waals surface area contributed by atoms with Gasteiger partial charge in [-0.25, -0.2) is 8.98 Å². The molecule has 1 saturated heterocycles. The second-order valence-corrected chi connectivity index (χ2v) is 3.19. The van der Waals surface area contributed by atoms with Crippen LogP contribution in [0.2, 0.25) is 0 Å². The van der Waals surface area contributed by atoms with Crippen LogP contribution in [-0.4, -0.2) is 42.9 Å². The molecule has 2 atom stereocenters. The van der Waals surface area contributed by atoms with Crippen molar-refractivity contribution >= 4 is 16.4 Å². The Bertz CT molecular complexity index is 280. The molecule has 0 aromatic heterocycles. The van der Waals surface area contributed by atoms with Crippen molar-refractivity contribution in [2.24, 2.45) is 0 Å². The van der Waals surface area contributed by atoms with Gasteiger partial charge in [-0.2, -0.15) is 8.42 Å². The molecule has 1 fully saturated rings. The Balaban J connectivity index is 2.69. The Kier molecular flexibility index (Phi) is 2.33. The molecule has 0 aromatic carbocycles. The highest BCUT2D eigenvalue weighted by Gasteiger charge is 2.39. The summed E-state index contributed by atoms with van der Waals surface area (Å²) in [6, 6.07) is 0. The molecule has 1 aliphatic rings. The third kappa shape index (κ3) is 2.14. The lowest BCUT2D eigenvalue weighted by Crippen LogP contribution is -2.32. The van der Waals surface area contributed by atoms with Crippen LogP contribution in [0.1, 0.15) is 0 Å². The molecule has 0 aromatic rings. The topological polar surface area (TPSA) is 110 Å². The van der Waals surface area contributed by atoms with Crippen molar-refractivity contribution in [3.8, 4) is 0 Å². The van der Waals surface area contributed by atoms with Gasteiger partial charge >= 0.3 is 16.4 Å². The summed E-state index contributed by atoms with van der Waals surface area (Å²) < 4.78 is 36.4. The molecule has 2 N–H and O–H groups in total. The molecule has 70 valence electrons. The van der Waals surface area contributed by atoms with Crippen LogP contribution in [0.3, 0.4) is 0 Å². The molecular formula is C4H6O7S. The van der Waals surface area contributed by atoms with E-state index in [1.54, 1.807) is 0 Å². The summed E-state index contributed by atoms with van der Waals surface area (Å²) in [6.07, 6.45) is -3.01. The largest absolute Gasteiger partial charge is 0.461 e. The van der Waals surface area contributed by atoms with Crippen molar-refractivity contribution in [3.63, 3.8) is 0 Å². The van der Waals surface area contributed by atoms with E-state index in [1.165, 1.54) is 0 Å². The van der Waals surface area contributed by atoms with E-state index in [4.69, 9.17) is 9.66 Å². The van der Waals surface area contributed by atoms with Crippen molar-refractivity contribution in [3.05, 3.63) is 0 Å². The average Bonchev–Trinajstić information content (AvgIpc) is 2.16. The Morgan fingerprint density at radius 1 is 1.58 bits per heavy atom. The molecule has 0 saturated carbocycles. The number of cyclic esters (lactones) is 1. The van der Waals surface area contributed by atoms with Gasteiger partial charge in [-0.15, -0.1) is 0 Å². The van der Waals surface area contributed by atoms with Gasteiger partial charge in [0.1, 0.15) is 12.7 Å². The van der Waals surface area contributed by atoms with Crippen molar-refractivity contribution in [1.82, 2.24) is 0 Å². The zero-order chi connectivity index (χ0) is 9.35. The summed E-state index contributed by atoms with van der Waals surface area (Å²) in [4.78, 5) is 10.6. The van der Waals surface area contributed by atoms with E-state index in [0.29, 0.717) is 0 Å². The molecule has 8 heteroatoms. The number of carbonyl (C=O) groups excluding carboxylic acids is 1. The zero-order valence-corrected chi connectivity index (χ0v) is 6.52. The monoisotopic (exact) mass is 198 g/mol. The van der Waals surface area contributed by atoms with Gasteiger partial charge in [-0.3, -0.25) is 4.55 Å². The highest BCUT2D eigenvalue weighted by Crippen LogP contribution is 2.12. The number of rotatable bonds is 2. The number of ether oxygens (including phenoxy) is 1. The Morgan fingerprint density at radius 2 is 2.17 bits per heavy atom. The molecule has 1 heterocycles. The summed E-state index contributed by atoms with van der Waals surface area (Å²) in [7, 11) is -4.73. The highest BCUT2D eigenvalue weighted by molar-refractivity contribution is 7.80. The summed E-state index contributed by atoms with van der Waals surface area (Å²) in [5.41, 5.74) is 0. The summed E-state index contributed by atoms with van der Waals surface area (Å²) in [6.45, 7) is -0.334. The lowest BCUT2D eigenvalue weighted by atomic mass is 10.3. The van der Waals surface area contributed by atoms with Crippen LogP contribution < -0.4 is 0 Å². The van der Waals surface area contributed by atoms with Gasteiger partial charge in [0.15, 0.2) is 0 Å². The van der Waals surface area contributed by atoms with Gasteiger partial charge in [-0.1, -0.05) is 0 Å². The van der Waals surface area contributed by atoms with E-state index in [9.17, 15) is 13.2 Å². The van der Waals surface area contributed by atoms with Gasteiger partial charge in [0, 0.05) is 0 Å². The lowest BCUT2D eigenvalue weighted by Gasteiger charge is -2.06.